The number of hydrogen-bond acceptors (Lipinski definition) is 7. The number of aromatic nitrogens is 3. The third-order valence-corrected chi connectivity index (χ3v) is 4.67. The van der Waals surface area contributed by atoms with Gasteiger partial charge in [-0.1, -0.05) is 29.4 Å². The number of carbonyl (C=O) groups is 1. The van der Waals surface area contributed by atoms with Crippen LogP contribution in [0.3, 0.4) is 0 Å². The largest absolute Gasteiger partial charge is 0.481 e. The van der Waals surface area contributed by atoms with Crippen LogP contribution in [0.25, 0.3) is 34.4 Å². The van der Waals surface area contributed by atoms with Gasteiger partial charge in [-0.15, -0.1) is 12.4 Å². The summed E-state index contributed by atoms with van der Waals surface area (Å²) in [6.45, 7) is 0.897. The molecule has 2 heterocycles. The Labute approximate surface area is 197 Å². The first-order valence-corrected chi connectivity index (χ1v) is 9.78. The van der Waals surface area contributed by atoms with E-state index < -0.39 is 17.7 Å². The van der Waals surface area contributed by atoms with E-state index in [0.717, 1.165) is 17.7 Å². The van der Waals surface area contributed by atoms with Crippen molar-refractivity contribution in [2.45, 2.75) is 19.1 Å². The highest BCUT2D eigenvalue weighted by Crippen LogP contribution is 2.31. The lowest BCUT2D eigenvalue weighted by molar-refractivity contribution is -0.138. The van der Waals surface area contributed by atoms with Gasteiger partial charge < -0.3 is 19.4 Å². The van der Waals surface area contributed by atoms with Crippen LogP contribution < -0.4 is 5.32 Å². The Kier molecular flexibility index (Phi) is 7.69. The molecule has 8 nitrogen and oxygen atoms in total. The molecule has 0 bridgehead atoms. The summed E-state index contributed by atoms with van der Waals surface area (Å²) in [5.41, 5.74) is 1.53. The zero-order chi connectivity index (χ0) is 23.4. The van der Waals surface area contributed by atoms with E-state index in [-0.39, 0.29) is 36.3 Å². The standard InChI is InChI=1S/C22H17F3N4O4.ClH/c23-22(24,25)16-7-5-15(6-8-16)20-27-17(12-32-20)21-28-19(29-33-21)14-3-1-13(2-4-14)11-26-10-9-18(30)31;/h1-8,12,26H,9-11H2,(H,30,31);1H. The van der Waals surface area contributed by atoms with E-state index in [4.69, 9.17) is 14.0 Å². The molecular weight excluding hydrogens is 477 g/mol. The van der Waals surface area contributed by atoms with Gasteiger partial charge in [0.05, 0.1) is 12.0 Å². The molecule has 0 amide bonds. The summed E-state index contributed by atoms with van der Waals surface area (Å²) >= 11 is 0. The van der Waals surface area contributed by atoms with Gasteiger partial charge in [-0.3, -0.25) is 4.79 Å². The lowest BCUT2D eigenvalue weighted by atomic mass is 10.1. The number of hydrogen-bond donors (Lipinski definition) is 2. The summed E-state index contributed by atoms with van der Waals surface area (Å²) < 4.78 is 48.8. The van der Waals surface area contributed by atoms with Crippen LogP contribution in [0.4, 0.5) is 13.2 Å². The predicted octanol–water partition coefficient (Wildman–Crippen LogP) is 5.06. The average Bonchev–Trinajstić information content (AvgIpc) is 3.46. The lowest BCUT2D eigenvalue weighted by Crippen LogP contribution is -2.17. The second kappa shape index (κ2) is 10.5. The van der Waals surface area contributed by atoms with Crippen LogP contribution in [0.5, 0.6) is 0 Å². The van der Waals surface area contributed by atoms with Gasteiger partial charge in [0.1, 0.15) is 6.26 Å². The van der Waals surface area contributed by atoms with Crippen LogP contribution in [-0.2, 0) is 17.5 Å². The van der Waals surface area contributed by atoms with Gasteiger partial charge in [0.15, 0.2) is 5.69 Å². The van der Waals surface area contributed by atoms with Gasteiger partial charge in [-0.05, 0) is 29.8 Å². The summed E-state index contributed by atoms with van der Waals surface area (Å²) in [6, 6.07) is 11.8. The zero-order valence-electron chi connectivity index (χ0n) is 17.4. The molecule has 0 aliphatic carbocycles. The number of aliphatic carboxylic acids is 1. The van der Waals surface area contributed by atoms with E-state index in [1.54, 1.807) is 12.1 Å². The van der Waals surface area contributed by atoms with Crippen LogP contribution in [0.15, 0.2) is 63.7 Å². The minimum atomic E-state index is -4.42. The Morgan fingerprint density at radius 1 is 0.971 bits per heavy atom. The minimum Gasteiger partial charge on any atom is -0.481 e. The fourth-order valence-electron chi connectivity index (χ4n) is 2.95. The highest BCUT2D eigenvalue weighted by molar-refractivity contribution is 5.85. The molecule has 0 saturated carbocycles. The smallest absolute Gasteiger partial charge is 0.416 e. The van der Waals surface area contributed by atoms with Crippen molar-refractivity contribution in [3.63, 3.8) is 0 Å². The number of carboxylic acids is 1. The number of benzene rings is 2. The van der Waals surface area contributed by atoms with Gasteiger partial charge >= 0.3 is 12.1 Å². The number of nitrogens with zero attached hydrogens (tertiary/aromatic N) is 3. The van der Waals surface area contributed by atoms with Crippen molar-refractivity contribution in [2.75, 3.05) is 6.54 Å². The fourth-order valence-corrected chi connectivity index (χ4v) is 2.95. The van der Waals surface area contributed by atoms with E-state index >= 15 is 0 Å². The van der Waals surface area contributed by atoms with Gasteiger partial charge in [0, 0.05) is 24.2 Å². The van der Waals surface area contributed by atoms with Crippen molar-refractivity contribution in [3.8, 4) is 34.4 Å². The maximum atomic E-state index is 12.7. The minimum absolute atomic E-state index is 0. The molecule has 0 aliphatic rings. The van der Waals surface area contributed by atoms with Crippen molar-refractivity contribution >= 4 is 18.4 Å². The summed E-state index contributed by atoms with van der Waals surface area (Å²) in [4.78, 5) is 19.0. The highest BCUT2D eigenvalue weighted by atomic mass is 35.5. The van der Waals surface area contributed by atoms with Crippen molar-refractivity contribution < 1.29 is 32.0 Å². The quantitative estimate of drug-likeness (QED) is 0.326. The molecule has 0 saturated heterocycles. The number of alkyl halides is 3. The molecule has 2 aromatic carbocycles. The van der Waals surface area contributed by atoms with E-state index in [0.29, 0.717) is 30.0 Å². The number of halogens is 4. The molecule has 0 spiro atoms. The molecule has 2 N–H and O–H groups in total. The summed E-state index contributed by atoms with van der Waals surface area (Å²) in [5.74, 6) is -0.302. The Morgan fingerprint density at radius 2 is 1.65 bits per heavy atom. The molecule has 0 aliphatic heterocycles. The second-order valence-corrected chi connectivity index (χ2v) is 7.05. The maximum absolute atomic E-state index is 12.7. The van der Waals surface area contributed by atoms with Crippen LogP contribution in [0.1, 0.15) is 17.5 Å². The fraction of sp³-hybridized carbons (Fsp3) is 0.182. The molecule has 0 atom stereocenters. The Balaban J connectivity index is 0.00000324. The third kappa shape index (κ3) is 6.00. The third-order valence-electron chi connectivity index (χ3n) is 4.67. The first-order valence-electron chi connectivity index (χ1n) is 9.78. The van der Waals surface area contributed by atoms with Crippen molar-refractivity contribution in [3.05, 3.63) is 65.9 Å². The summed E-state index contributed by atoms with van der Waals surface area (Å²) in [6.07, 6.45) is -3.09. The number of nitrogens with one attached hydrogen (secondary N) is 1. The van der Waals surface area contributed by atoms with E-state index in [1.807, 2.05) is 12.1 Å². The summed E-state index contributed by atoms with van der Waals surface area (Å²) in [7, 11) is 0. The molecule has 34 heavy (non-hydrogen) atoms. The Morgan fingerprint density at radius 3 is 2.29 bits per heavy atom. The average molecular weight is 495 g/mol. The first kappa shape index (κ1) is 24.9. The van der Waals surface area contributed by atoms with Gasteiger partial charge in [0.25, 0.3) is 5.89 Å². The monoisotopic (exact) mass is 494 g/mol. The second-order valence-electron chi connectivity index (χ2n) is 7.05. The van der Waals surface area contributed by atoms with Gasteiger partial charge in [-0.2, -0.15) is 18.2 Å². The van der Waals surface area contributed by atoms with Crippen molar-refractivity contribution in [1.29, 1.82) is 0 Å². The first-order chi connectivity index (χ1) is 15.8. The molecular formula is C22H18ClF3N4O4. The zero-order valence-corrected chi connectivity index (χ0v) is 18.2. The number of rotatable bonds is 8. The van der Waals surface area contributed by atoms with Crippen LogP contribution in [0, 0.1) is 0 Å². The Hall–Kier alpha value is -3.70. The Bertz CT molecular complexity index is 1240. The van der Waals surface area contributed by atoms with E-state index in [9.17, 15) is 18.0 Å². The molecule has 12 heteroatoms. The summed E-state index contributed by atoms with van der Waals surface area (Å²) in [5, 5.41) is 15.6. The van der Waals surface area contributed by atoms with Gasteiger partial charge in [0.2, 0.25) is 11.7 Å². The maximum Gasteiger partial charge on any atom is 0.416 e. The van der Waals surface area contributed by atoms with E-state index in [2.05, 4.69) is 20.4 Å². The molecule has 2 aromatic heterocycles. The van der Waals surface area contributed by atoms with E-state index in [1.165, 1.54) is 18.4 Å². The van der Waals surface area contributed by atoms with Crippen molar-refractivity contribution in [2.24, 2.45) is 0 Å². The SMILES string of the molecule is Cl.O=C(O)CCNCc1ccc(-c2noc(-c3coc(-c4ccc(C(F)(F)F)cc4)n3)n2)cc1. The molecule has 0 radical (unpaired) electrons. The molecule has 178 valence electrons. The topological polar surface area (TPSA) is 114 Å². The molecule has 4 aromatic rings. The number of carboxylic acid groups (broad SMARTS) is 1. The molecule has 0 fully saturated rings. The highest BCUT2D eigenvalue weighted by Gasteiger charge is 2.30. The normalized spacial score (nSPS) is 11.3. The lowest BCUT2D eigenvalue weighted by Gasteiger charge is -2.05. The number of oxazole rings is 1. The van der Waals surface area contributed by atoms with Gasteiger partial charge in [-0.25, -0.2) is 4.98 Å². The van der Waals surface area contributed by atoms with Crippen molar-refractivity contribution in [1.82, 2.24) is 20.4 Å². The van der Waals surface area contributed by atoms with Crippen LogP contribution >= 0.6 is 12.4 Å². The molecule has 4 rings (SSSR count). The van der Waals surface area contributed by atoms with Crippen LogP contribution in [0.2, 0.25) is 0 Å². The predicted molar refractivity (Wildman–Crippen MR) is 117 cm³/mol. The molecule has 0 unspecified atom stereocenters. The van der Waals surface area contributed by atoms with Crippen LogP contribution in [-0.4, -0.2) is 32.7 Å².